The molecule has 4 heteroatoms. The van der Waals surface area contributed by atoms with Crippen molar-refractivity contribution in [3.05, 3.63) is 23.9 Å². The molecule has 1 aromatic rings. The van der Waals surface area contributed by atoms with Gasteiger partial charge in [-0.1, -0.05) is 6.07 Å². The molecule has 92 valence electrons. The highest BCUT2D eigenvalue weighted by atomic mass is 16.5. The van der Waals surface area contributed by atoms with Gasteiger partial charge >= 0.3 is 0 Å². The van der Waals surface area contributed by atoms with Crippen LogP contribution in [0.2, 0.25) is 0 Å². The van der Waals surface area contributed by atoms with E-state index in [2.05, 4.69) is 4.98 Å². The van der Waals surface area contributed by atoms with Crippen molar-refractivity contribution in [3.63, 3.8) is 0 Å². The molecule has 0 N–H and O–H groups in total. The highest BCUT2D eigenvalue weighted by molar-refractivity contribution is 5.74. The average molecular weight is 234 g/mol. The Kier molecular flexibility index (Phi) is 3.61. The number of carbonyl (C=O) groups excluding carboxylic acids is 1. The molecule has 0 radical (unpaired) electrons. The Balaban J connectivity index is 2.13. The normalized spacial score (nSPS) is 19.4. The van der Waals surface area contributed by atoms with E-state index in [0.29, 0.717) is 12.5 Å². The smallest absolute Gasteiger partial charge is 0.219 e. The third kappa shape index (κ3) is 2.57. The van der Waals surface area contributed by atoms with Crippen molar-refractivity contribution in [2.45, 2.75) is 32.7 Å². The molecule has 2 heterocycles. The molecule has 1 atom stereocenters. The van der Waals surface area contributed by atoms with E-state index in [9.17, 15) is 4.79 Å². The predicted molar refractivity (Wildman–Crippen MR) is 64.8 cm³/mol. The number of aromatic nitrogens is 1. The largest absolute Gasteiger partial charge is 0.478 e. The van der Waals surface area contributed by atoms with Gasteiger partial charge in [0, 0.05) is 25.7 Å². The zero-order valence-electron chi connectivity index (χ0n) is 10.3. The summed E-state index contributed by atoms with van der Waals surface area (Å²) in [6.45, 7) is 5.03. The number of amides is 1. The van der Waals surface area contributed by atoms with Crippen LogP contribution in [0.3, 0.4) is 0 Å². The highest BCUT2D eigenvalue weighted by Gasteiger charge is 2.27. The van der Waals surface area contributed by atoms with Crippen molar-refractivity contribution in [1.82, 2.24) is 9.88 Å². The molecule has 2 rings (SSSR count). The van der Waals surface area contributed by atoms with Gasteiger partial charge in [0.1, 0.15) is 0 Å². The third-order valence-electron chi connectivity index (χ3n) is 3.09. The number of rotatable bonds is 3. The van der Waals surface area contributed by atoms with Crippen LogP contribution in [-0.2, 0) is 4.79 Å². The van der Waals surface area contributed by atoms with E-state index in [1.165, 1.54) is 0 Å². The van der Waals surface area contributed by atoms with E-state index >= 15 is 0 Å². The molecule has 0 unspecified atom stereocenters. The van der Waals surface area contributed by atoms with Gasteiger partial charge < -0.3 is 9.64 Å². The zero-order chi connectivity index (χ0) is 12.3. The van der Waals surface area contributed by atoms with Gasteiger partial charge in [0.05, 0.1) is 12.6 Å². The van der Waals surface area contributed by atoms with E-state index in [1.54, 1.807) is 6.92 Å². The molecule has 1 aromatic heterocycles. The molecule has 4 nitrogen and oxygen atoms in total. The maximum Gasteiger partial charge on any atom is 0.219 e. The summed E-state index contributed by atoms with van der Waals surface area (Å²) in [5, 5.41) is 0. The van der Waals surface area contributed by atoms with Gasteiger partial charge in [-0.25, -0.2) is 4.98 Å². The summed E-state index contributed by atoms with van der Waals surface area (Å²) in [5.41, 5.74) is 1.10. The summed E-state index contributed by atoms with van der Waals surface area (Å²) in [4.78, 5) is 17.6. The summed E-state index contributed by atoms with van der Waals surface area (Å²) in [5.74, 6) is 0.782. The number of ether oxygens (including phenoxy) is 1. The number of hydrogen-bond donors (Lipinski definition) is 0. The van der Waals surface area contributed by atoms with E-state index in [1.807, 2.05) is 30.2 Å². The van der Waals surface area contributed by atoms with Gasteiger partial charge in [-0.15, -0.1) is 0 Å². The summed E-state index contributed by atoms with van der Waals surface area (Å²) >= 11 is 0. The highest BCUT2D eigenvalue weighted by Crippen LogP contribution is 2.31. The van der Waals surface area contributed by atoms with E-state index < -0.39 is 0 Å². The SMILES string of the molecule is CCOc1ccc([C@@H]2CCCN2C(C)=O)cn1. The Hall–Kier alpha value is -1.58. The van der Waals surface area contributed by atoms with Crippen molar-refractivity contribution in [2.75, 3.05) is 13.2 Å². The summed E-state index contributed by atoms with van der Waals surface area (Å²) in [6.07, 6.45) is 3.91. The van der Waals surface area contributed by atoms with Gasteiger partial charge in [0.2, 0.25) is 11.8 Å². The lowest BCUT2D eigenvalue weighted by Gasteiger charge is -2.23. The second-order valence-corrected chi connectivity index (χ2v) is 4.23. The Morgan fingerprint density at radius 1 is 1.59 bits per heavy atom. The number of hydrogen-bond acceptors (Lipinski definition) is 3. The number of pyridine rings is 1. The first-order chi connectivity index (χ1) is 8.22. The molecule has 1 amide bonds. The fraction of sp³-hybridized carbons (Fsp3) is 0.538. The van der Waals surface area contributed by atoms with E-state index in [0.717, 1.165) is 24.9 Å². The summed E-state index contributed by atoms with van der Waals surface area (Å²) < 4.78 is 5.31. The molecule has 0 aliphatic carbocycles. The summed E-state index contributed by atoms with van der Waals surface area (Å²) in [7, 11) is 0. The van der Waals surface area contributed by atoms with Crippen LogP contribution in [0.5, 0.6) is 5.88 Å². The molecule has 1 aliphatic rings. The molecular formula is C13H18N2O2. The molecule has 1 saturated heterocycles. The van der Waals surface area contributed by atoms with Gasteiger partial charge in [-0.05, 0) is 25.3 Å². The van der Waals surface area contributed by atoms with E-state index in [-0.39, 0.29) is 11.9 Å². The molecule has 0 bridgehead atoms. The first-order valence-corrected chi connectivity index (χ1v) is 6.08. The van der Waals surface area contributed by atoms with Gasteiger partial charge in [-0.2, -0.15) is 0 Å². The van der Waals surface area contributed by atoms with Crippen molar-refractivity contribution in [3.8, 4) is 5.88 Å². The van der Waals surface area contributed by atoms with Crippen molar-refractivity contribution < 1.29 is 9.53 Å². The lowest BCUT2D eigenvalue weighted by molar-refractivity contribution is -0.129. The average Bonchev–Trinajstić information content (AvgIpc) is 2.79. The van der Waals surface area contributed by atoms with Gasteiger partial charge in [0.25, 0.3) is 0 Å². The maximum absolute atomic E-state index is 11.5. The van der Waals surface area contributed by atoms with Crippen LogP contribution in [0, 0.1) is 0 Å². The Morgan fingerprint density at radius 3 is 3.00 bits per heavy atom. The zero-order valence-corrected chi connectivity index (χ0v) is 10.3. The summed E-state index contributed by atoms with van der Waals surface area (Å²) in [6, 6.07) is 4.06. The number of carbonyl (C=O) groups is 1. The minimum absolute atomic E-state index is 0.140. The number of likely N-dealkylation sites (tertiary alicyclic amines) is 1. The standard InChI is InChI=1S/C13H18N2O2/c1-3-17-13-7-6-11(9-14-13)12-5-4-8-15(12)10(2)16/h6-7,9,12H,3-5,8H2,1-2H3/t12-/m0/s1. The molecule has 1 fully saturated rings. The Morgan fingerprint density at radius 2 is 2.41 bits per heavy atom. The third-order valence-corrected chi connectivity index (χ3v) is 3.09. The van der Waals surface area contributed by atoms with Crippen LogP contribution in [0.15, 0.2) is 18.3 Å². The second kappa shape index (κ2) is 5.17. The maximum atomic E-state index is 11.5. The lowest BCUT2D eigenvalue weighted by Crippen LogP contribution is -2.28. The van der Waals surface area contributed by atoms with Crippen molar-refractivity contribution in [1.29, 1.82) is 0 Å². The molecule has 0 spiro atoms. The van der Waals surface area contributed by atoms with Crippen LogP contribution in [0.25, 0.3) is 0 Å². The fourth-order valence-electron chi connectivity index (χ4n) is 2.31. The van der Waals surface area contributed by atoms with Gasteiger partial charge in [-0.3, -0.25) is 4.79 Å². The van der Waals surface area contributed by atoms with E-state index in [4.69, 9.17) is 4.74 Å². The van der Waals surface area contributed by atoms with Gasteiger partial charge in [0.15, 0.2) is 0 Å². The van der Waals surface area contributed by atoms with Crippen LogP contribution in [-0.4, -0.2) is 28.9 Å². The minimum Gasteiger partial charge on any atom is -0.478 e. The quantitative estimate of drug-likeness (QED) is 0.805. The molecular weight excluding hydrogens is 216 g/mol. The first-order valence-electron chi connectivity index (χ1n) is 6.08. The molecule has 17 heavy (non-hydrogen) atoms. The molecule has 1 aliphatic heterocycles. The van der Waals surface area contributed by atoms with Crippen LogP contribution in [0.1, 0.15) is 38.3 Å². The molecule has 0 aromatic carbocycles. The van der Waals surface area contributed by atoms with Crippen LogP contribution < -0.4 is 4.74 Å². The number of nitrogens with zero attached hydrogens (tertiary/aromatic N) is 2. The van der Waals surface area contributed by atoms with Crippen LogP contribution >= 0.6 is 0 Å². The Labute approximate surface area is 102 Å². The van der Waals surface area contributed by atoms with Crippen LogP contribution in [0.4, 0.5) is 0 Å². The van der Waals surface area contributed by atoms with Crippen molar-refractivity contribution in [2.24, 2.45) is 0 Å². The first kappa shape index (κ1) is 11.9. The Bertz CT molecular complexity index is 389. The van der Waals surface area contributed by atoms with Crippen molar-refractivity contribution >= 4 is 5.91 Å². The monoisotopic (exact) mass is 234 g/mol. The topological polar surface area (TPSA) is 42.4 Å². The lowest BCUT2D eigenvalue weighted by atomic mass is 10.1. The second-order valence-electron chi connectivity index (χ2n) is 4.23. The minimum atomic E-state index is 0.140. The predicted octanol–water partition coefficient (Wildman–Crippen LogP) is 2.16. The molecule has 0 saturated carbocycles. The fourth-order valence-corrected chi connectivity index (χ4v) is 2.31.